The number of piperidine rings is 3. The number of fused-ring (bicyclic) bond motifs is 3. The summed E-state index contributed by atoms with van der Waals surface area (Å²) in [6, 6.07) is 9.62. The van der Waals surface area contributed by atoms with E-state index in [0.29, 0.717) is 24.1 Å². The Labute approximate surface area is 166 Å². The molecule has 0 aliphatic carbocycles. The van der Waals surface area contributed by atoms with Gasteiger partial charge in [-0.1, -0.05) is 30.3 Å². The van der Waals surface area contributed by atoms with E-state index in [1.165, 1.54) is 25.9 Å². The molecule has 3 N–H and O–H groups in total. The number of aliphatic carboxylic acids is 2. The molecule has 29 heavy (non-hydrogen) atoms. The predicted molar refractivity (Wildman–Crippen MR) is 100 cm³/mol. The molecule has 0 saturated carbocycles. The summed E-state index contributed by atoms with van der Waals surface area (Å²) in [5.74, 6) is -1.90. The number of rotatable bonds is 4. The van der Waals surface area contributed by atoms with Gasteiger partial charge in [-0.2, -0.15) is 4.98 Å². The fraction of sp³-hybridized carbons (Fsp3) is 0.421. The molecule has 1 aromatic heterocycles. The Hall–Kier alpha value is -3.27. The van der Waals surface area contributed by atoms with Crippen molar-refractivity contribution in [3.8, 4) is 0 Å². The number of aromatic nitrogens is 2. The van der Waals surface area contributed by atoms with Gasteiger partial charge in [0.05, 0.1) is 12.3 Å². The smallest absolute Gasteiger partial charge is 0.414 e. The summed E-state index contributed by atoms with van der Waals surface area (Å²) < 4.78 is 5.41. The second-order valence-electron chi connectivity index (χ2n) is 7.02. The van der Waals surface area contributed by atoms with E-state index in [1.54, 1.807) is 0 Å². The summed E-state index contributed by atoms with van der Waals surface area (Å²) in [4.78, 5) is 37.1. The summed E-state index contributed by atoms with van der Waals surface area (Å²) in [6.07, 6.45) is 2.70. The van der Waals surface area contributed by atoms with E-state index in [2.05, 4.69) is 20.4 Å². The fourth-order valence-electron chi connectivity index (χ4n) is 3.63. The number of hydrogen-bond acceptors (Lipinski definition) is 7. The van der Waals surface area contributed by atoms with Crippen molar-refractivity contribution < 1.29 is 29.1 Å². The van der Waals surface area contributed by atoms with Gasteiger partial charge in [0, 0.05) is 6.54 Å². The Kier molecular flexibility index (Phi) is 6.55. The van der Waals surface area contributed by atoms with E-state index in [-0.39, 0.29) is 11.9 Å². The van der Waals surface area contributed by atoms with Crippen LogP contribution in [-0.4, -0.2) is 62.7 Å². The average molecular weight is 402 g/mol. The second kappa shape index (κ2) is 9.28. The number of carbonyl (C=O) groups excluding carboxylic acids is 1. The largest absolute Gasteiger partial charge is 0.473 e. The van der Waals surface area contributed by atoms with Crippen molar-refractivity contribution >= 4 is 23.8 Å². The van der Waals surface area contributed by atoms with Gasteiger partial charge in [0.2, 0.25) is 11.8 Å². The normalized spacial score (nSPS) is 22.3. The number of hydrogen-bond donors (Lipinski definition) is 3. The lowest BCUT2D eigenvalue weighted by Crippen LogP contribution is -2.46. The first-order valence-corrected chi connectivity index (χ1v) is 9.28. The SMILES string of the molecule is O=C(Cc1ccccc1)Nc1noc(C2CN3CCC2CC3)n1.O=C(O)C(=O)O. The van der Waals surface area contributed by atoms with Gasteiger partial charge in [-0.3, -0.25) is 10.1 Å². The standard InChI is InChI=1S/C17H20N4O2.C2H2O4/c22-15(10-12-4-2-1-3-5-12)18-17-19-16(23-20-17)14-11-21-8-6-13(14)7-9-21;3-1(4)2(5)6/h1-5,13-14H,6-11H2,(H,18,20,22);(H,3,4)(H,5,6). The van der Waals surface area contributed by atoms with Gasteiger partial charge in [-0.25, -0.2) is 9.59 Å². The Morgan fingerprint density at radius 3 is 2.31 bits per heavy atom. The minimum atomic E-state index is -1.82. The molecule has 2 aromatic rings. The molecule has 3 saturated heterocycles. The van der Waals surface area contributed by atoms with Crippen LogP contribution in [0.5, 0.6) is 0 Å². The van der Waals surface area contributed by atoms with E-state index in [9.17, 15) is 4.79 Å². The average Bonchev–Trinajstić information content (AvgIpc) is 3.18. The zero-order valence-corrected chi connectivity index (χ0v) is 15.7. The van der Waals surface area contributed by atoms with Crippen LogP contribution in [0.15, 0.2) is 34.9 Å². The van der Waals surface area contributed by atoms with Crippen LogP contribution >= 0.6 is 0 Å². The van der Waals surface area contributed by atoms with Crippen molar-refractivity contribution in [1.29, 1.82) is 0 Å². The molecule has 4 heterocycles. The summed E-state index contributed by atoms with van der Waals surface area (Å²) >= 11 is 0. The highest BCUT2D eigenvalue weighted by molar-refractivity contribution is 6.27. The van der Waals surface area contributed by atoms with Gasteiger partial charge >= 0.3 is 11.9 Å². The maximum Gasteiger partial charge on any atom is 0.414 e. The number of benzene rings is 1. The van der Waals surface area contributed by atoms with Crippen LogP contribution in [0.1, 0.15) is 30.2 Å². The molecule has 1 unspecified atom stereocenters. The Bertz CT molecular complexity index is 849. The molecule has 3 fully saturated rings. The van der Waals surface area contributed by atoms with Crippen LogP contribution in [0.25, 0.3) is 0 Å². The molecule has 10 heteroatoms. The van der Waals surface area contributed by atoms with E-state index >= 15 is 0 Å². The quantitative estimate of drug-likeness (QED) is 0.642. The van der Waals surface area contributed by atoms with Crippen molar-refractivity contribution in [3.05, 3.63) is 41.8 Å². The number of carbonyl (C=O) groups is 3. The summed E-state index contributed by atoms with van der Waals surface area (Å²) in [5, 5.41) is 21.4. The van der Waals surface area contributed by atoms with E-state index in [1.807, 2.05) is 30.3 Å². The fourth-order valence-corrected chi connectivity index (χ4v) is 3.63. The third kappa shape index (κ3) is 5.61. The van der Waals surface area contributed by atoms with Crippen LogP contribution in [0.4, 0.5) is 5.95 Å². The number of amides is 1. The lowest BCUT2D eigenvalue weighted by atomic mass is 9.79. The van der Waals surface area contributed by atoms with Gasteiger partial charge < -0.3 is 19.6 Å². The topological polar surface area (TPSA) is 146 Å². The van der Waals surface area contributed by atoms with Crippen LogP contribution < -0.4 is 5.32 Å². The van der Waals surface area contributed by atoms with Gasteiger partial charge in [-0.05, 0) is 42.6 Å². The monoisotopic (exact) mass is 402 g/mol. The zero-order valence-electron chi connectivity index (χ0n) is 15.7. The molecule has 1 amide bonds. The third-order valence-corrected chi connectivity index (χ3v) is 5.06. The van der Waals surface area contributed by atoms with E-state index in [0.717, 1.165) is 12.1 Å². The highest BCUT2D eigenvalue weighted by Crippen LogP contribution is 2.38. The number of nitrogens with zero attached hydrogens (tertiary/aromatic N) is 3. The summed E-state index contributed by atoms with van der Waals surface area (Å²) in [6.45, 7) is 3.34. The molecule has 3 aliphatic rings. The molecule has 0 spiro atoms. The molecular formula is C19H22N4O6. The Morgan fingerprint density at radius 2 is 1.76 bits per heavy atom. The van der Waals surface area contributed by atoms with Crippen LogP contribution in [0, 0.1) is 5.92 Å². The van der Waals surface area contributed by atoms with Crippen molar-refractivity contribution in [2.24, 2.45) is 5.92 Å². The molecule has 10 nitrogen and oxygen atoms in total. The maximum atomic E-state index is 12.1. The van der Waals surface area contributed by atoms with Crippen molar-refractivity contribution in [2.75, 3.05) is 25.0 Å². The first kappa shape index (κ1) is 20.5. The molecule has 154 valence electrons. The summed E-state index contributed by atoms with van der Waals surface area (Å²) in [7, 11) is 0. The first-order chi connectivity index (χ1) is 13.9. The molecule has 5 rings (SSSR count). The number of carboxylic acids is 2. The van der Waals surface area contributed by atoms with Crippen molar-refractivity contribution in [1.82, 2.24) is 15.0 Å². The van der Waals surface area contributed by atoms with E-state index in [4.69, 9.17) is 24.3 Å². The predicted octanol–water partition coefficient (Wildman–Crippen LogP) is 1.22. The van der Waals surface area contributed by atoms with Crippen LogP contribution in [0.3, 0.4) is 0 Å². The minimum Gasteiger partial charge on any atom is -0.473 e. The van der Waals surface area contributed by atoms with Gasteiger partial charge in [0.15, 0.2) is 0 Å². The highest BCUT2D eigenvalue weighted by atomic mass is 16.5. The highest BCUT2D eigenvalue weighted by Gasteiger charge is 2.38. The third-order valence-electron chi connectivity index (χ3n) is 5.06. The van der Waals surface area contributed by atoms with Crippen molar-refractivity contribution in [2.45, 2.75) is 25.2 Å². The zero-order chi connectivity index (χ0) is 20.8. The number of carboxylic acid groups (broad SMARTS) is 2. The Morgan fingerprint density at radius 1 is 1.10 bits per heavy atom. The van der Waals surface area contributed by atoms with Crippen LogP contribution in [0.2, 0.25) is 0 Å². The first-order valence-electron chi connectivity index (χ1n) is 9.28. The van der Waals surface area contributed by atoms with Gasteiger partial charge in [0.1, 0.15) is 0 Å². The molecule has 0 radical (unpaired) electrons. The van der Waals surface area contributed by atoms with Crippen LogP contribution in [-0.2, 0) is 20.8 Å². The Balaban J connectivity index is 0.000000353. The second-order valence-corrected chi connectivity index (χ2v) is 7.02. The summed E-state index contributed by atoms with van der Waals surface area (Å²) in [5.41, 5.74) is 0.964. The van der Waals surface area contributed by atoms with Crippen molar-refractivity contribution in [3.63, 3.8) is 0 Å². The molecule has 1 aromatic carbocycles. The molecule has 3 aliphatic heterocycles. The number of nitrogens with one attached hydrogen (secondary N) is 1. The van der Waals surface area contributed by atoms with Gasteiger partial charge in [-0.15, -0.1) is 0 Å². The molecule has 2 bridgehead atoms. The van der Waals surface area contributed by atoms with E-state index < -0.39 is 11.9 Å². The maximum absolute atomic E-state index is 12.1. The lowest BCUT2D eigenvalue weighted by molar-refractivity contribution is -0.159. The minimum absolute atomic E-state index is 0.127. The van der Waals surface area contributed by atoms with Gasteiger partial charge in [0.25, 0.3) is 5.95 Å². The molecular weight excluding hydrogens is 380 g/mol. The molecule has 1 atom stereocenters. The number of anilines is 1. The lowest BCUT2D eigenvalue weighted by Gasteiger charge is -2.43.